The molecular formula is C20H20N2O3S2. The van der Waals surface area contributed by atoms with E-state index in [0.29, 0.717) is 17.8 Å². The molecule has 3 rings (SSSR count). The smallest absolute Gasteiger partial charge is 0.271 e. The molecule has 1 heterocycles. The molecule has 1 atom stereocenters. The molecule has 1 aromatic heterocycles. The summed E-state index contributed by atoms with van der Waals surface area (Å²) in [6, 6.07) is 19.6. The average Bonchev–Trinajstić information content (AvgIpc) is 3.23. The van der Waals surface area contributed by atoms with E-state index in [4.69, 9.17) is 0 Å². The highest BCUT2D eigenvalue weighted by molar-refractivity contribution is 7.94. The lowest BCUT2D eigenvalue weighted by Gasteiger charge is -2.13. The fraction of sp³-hybridized carbons (Fsp3) is 0.150. The van der Waals surface area contributed by atoms with E-state index in [1.165, 1.54) is 0 Å². The molecule has 0 aliphatic carbocycles. The summed E-state index contributed by atoms with van der Waals surface area (Å²) < 4.78 is 27.2. The van der Waals surface area contributed by atoms with Crippen molar-refractivity contribution in [3.63, 3.8) is 0 Å². The molecule has 0 aliphatic heterocycles. The minimum Gasteiger partial charge on any atom is -0.351 e. The monoisotopic (exact) mass is 400 g/mol. The summed E-state index contributed by atoms with van der Waals surface area (Å²) in [5.41, 5.74) is 2.06. The van der Waals surface area contributed by atoms with Gasteiger partial charge in [-0.1, -0.05) is 43.3 Å². The number of amides is 1. The van der Waals surface area contributed by atoms with Gasteiger partial charge >= 0.3 is 0 Å². The van der Waals surface area contributed by atoms with E-state index in [2.05, 4.69) is 17.0 Å². The normalized spacial score (nSPS) is 12.3. The molecule has 3 aromatic rings. The van der Waals surface area contributed by atoms with Crippen LogP contribution in [0, 0.1) is 0 Å². The fourth-order valence-corrected chi connectivity index (χ4v) is 4.61. The molecule has 0 saturated heterocycles. The summed E-state index contributed by atoms with van der Waals surface area (Å²) in [4.78, 5) is 12.3. The number of benzene rings is 2. The summed E-state index contributed by atoms with van der Waals surface area (Å²) in [7, 11) is -3.59. The molecule has 1 amide bonds. The average molecular weight is 401 g/mol. The highest BCUT2D eigenvalue weighted by Crippen LogP contribution is 2.20. The van der Waals surface area contributed by atoms with Gasteiger partial charge in [0.2, 0.25) is 0 Å². The lowest BCUT2D eigenvalue weighted by Crippen LogP contribution is -2.27. The van der Waals surface area contributed by atoms with Gasteiger partial charge in [0.1, 0.15) is 4.21 Å². The summed E-state index contributed by atoms with van der Waals surface area (Å²) in [5.74, 6) is 0.0115. The first-order chi connectivity index (χ1) is 13.0. The zero-order chi connectivity index (χ0) is 19.3. The van der Waals surface area contributed by atoms with Crippen LogP contribution in [0.5, 0.6) is 0 Å². The first-order valence-corrected chi connectivity index (χ1v) is 10.8. The highest BCUT2D eigenvalue weighted by Gasteiger charge is 2.15. The van der Waals surface area contributed by atoms with Gasteiger partial charge in [0, 0.05) is 17.8 Å². The van der Waals surface area contributed by atoms with Crippen LogP contribution in [0.1, 0.15) is 28.8 Å². The second-order valence-corrected chi connectivity index (χ2v) is 8.99. The van der Waals surface area contributed by atoms with Crippen molar-refractivity contribution in [1.29, 1.82) is 0 Å². The molecular weight excluding hydrogens is 380 g/mol. The molecule has 0 spiro atoms. The largest absolute Gasteiger partial charge is 0.351 e. The van der Waals surface area contributed by atoms with Crippen molar-refractivity contribution in [2.24, 2.45) is 0 Å². The van der Waals surface area contributed by atoms with Crippen molar-refractivity contribution in [2.45, 2.75) is 17.1 Å². The highest BCUT2D eigenvalue weighted by atomic mass is 32.2. The molecule has 0 saturated carbocycles. The van der Waals surface area contributed by atoms with Crippen LogP contribution in [0.4, 0.5) is 5.69 Å². The number of nitrogens with one attached hydrogen (secondary N) is 2. The van der Waals surface area contributed by atoms with E-state index in [-0.39, 0.29) is 16.0 Å². The molecule has 2 aromatic carbocycles. The quantitative estimate of drug-likeness (QED) is 0.627. The van der Waals surface area contributed by atoms with Gasteiger partial charge in [0.15, 0.2) is 0 Å². The maximum Gasteiger partial charge on any atom is 0.271 e. The molecule has 0 radical (unpaired) electrons. The fourth-order valence-electron chi connectivity index (χ4n) is 2.56. The Morgan fingerprint density at radius 1 is 1.00 bits per heavy atom. The lowest BCUT2D eigenvalue weighted by atomic mass is 10.0. The second kappa shape index (κ2) is 8.37. The van der Waals surface area contributed by atoms with Gasteiger partial charge in [-0.15, -0.1) is 11.3 Å². The van der Waals surface area contributed by atoms with Gasteiger partial charge in [-0.2, -0.15) is 0 Å². The molecule has 27 heavy (non-hydrogen) atoms. The van der Waals surface area contributed by atoms with Gasteiger partial charge in [-0.3, -0.25) is 9.52 Å². The number of hydrogen-bond donors (Lipinski definition) is 2. The van der Waals surface area contributed by atoms with Crippen LogP contribution in [-0.4, -0.2) is 20.9 Å². The van der Waals surface area contributed by atoms with E-state index >= 15 is 0 Å². The molecule has 0 bridgehead atoms. The van der Waals surface area contributed by atoms with Crippen molar-refractivity contribution < 1.29 is 13.2 Å². The number of carbonyl (C=O) groups excluding carboxylic acids is 1. The number of anilines is 1. The van der Waals surface area contributed by atoms with Gasteiger partial charge in [0.25, 0.3) is 15.9 Å². The number of rotatable bonds is 7. The zero-order valence-electron chi connectivity index (χ0n) is 14.8. The van der Waals surface area contributed by atoms with Crippen LogP contribution in [-0.2, 0) is 10.0 Å². The Hall–Kier alpha value is -2.64. The Labute approximate surface area is 163 Å². The minimum atomic E-state index is -3.59. The third-order valence-corrected chi connectivity index (χ3v) is 6.88. The maximum absolute atomic E-state index is 12.3. The standard InChI is InChI=1S/C20H20N2O3S2/c1-15(16-6-3-2-4-7-16)14-21-20(23)17-9-11-18(12-10-17)22-27(24,25)19-8-5-13-26-19/h2-13,15,22H,14H2,1H3,(H,21,23)/t15-/m0/s1. The van der Waals surface area contributed by atoms with Crippen LogP contribution in [0.25, 0.3) is 0 Å². The number of hydrogen-bond acceptors (Lipinski definition) is 4. The van der Waals surface area contributed by atoms with Gasteiger partial charge < -0.3 is 5.32 Å². The topological polar surface area (TPSA) is 75.3 Å². The lowest BCUT2D eigenvalue weighted by molar-refractivity contribution is 0.0951. The van der Waals surface area contributed by atoms with Gasteiger partial charge in [-0.05, 0) is 47.2 Å². The zero-order valence-corrected chi connectivity index (χ0v) is 16.4. The summed E-state index contributed by atoms with van der Waals surface area (Å²) >= 11 is 1.15. The van der Waals surface area contributed by atoms with Crippen LogP contribution >= 0.6 is 11.3 Å². The van der Waals surface area contributed by atoms with E-state index in [1.807, 2.05) is 30.3 Å². The predicted octanol–water partition coefficient (Wildman–Crippen LogP) is 4.08. The third kappa shape index (κ3) is 4.96. The molecule has 140 valence electrons. The molecule has 0 unspecified atom stereocenters. The molecule has 2 N–H and O–H groups in total. The Kier molecular flexibility index (Phi) is 5.93. The Bertz CT molecular complexity index is 983. The van der Waals surface area contributed by atoms with E-state index in [9.17, 15) is 13.2 Å². The van der Waals surface area contributed by atoms with Crippen LogP contribution in [0.3, 0.4) is 0 Å². The van der Waals surface area contributed by atoms with Crippen LogP contribution in [0.2, 0.25) is 0 Å². The number of carbonyl (C=O) groups is 1. The maximum atomic E-state index is 12.3. The van der Waals surface area contributed by atoms with E-state index in [1.54, 1.807) is 41.8 Å². The van der Waals surface area contributed by atoms with Crippen molar-refractivity contribution in [3.05, 3.63) is 83.2 Å². The first-order valence-electron chi connectivity index (χ1n) is 8.45. The molecule has 0 fully saturated rings. The Morgan fingerprint density at radius 3 is 2.33 bits per heavy atom. The summed E-state index contributed by atoms with van der Waals surface area (Å²) in [6.07, 6.45) is 0. The molecule has 5 nitrogen and oxygen atoms in total. The third-order valence-electron chi connectivity index (χ3n) is 4.10. The van der Waals surface area contributed by atoms with Crippen LogP contribution in [0.15, 0.2) is 76.3 Å². The minimum absolute atomic E-state index is 0.189. The first kappa shape index (κ1) is 19.1. The van der Waals surface area contributed by atoms with Crippen molar-refractivity contribution >= 4 is 33.0 Å². The second-order valence-electron chi connectivity index (χ2n) is 6.14. The SMILES string of the molecule is C[C@@H](CNC(=O)c1ccc(NS(=O)(=O)c2cccs2)cc1)c1ccccc1. The number of thiophene rings is 1. The Balaban J connectivity index is 1.59. The predicted molar refractivity (Wildman–Crippen MR) is 109 cm³/mol. The van der Waals surface area contributed by atoms with Gasteiger partial charge in [-0.25, -0.2) is 8.42 Å². The summed E-state index contributed by atoms with van der Waals surface area (Å²) in [5, 5.41) is 4.62. The van der Waals surface area contributed by atoms with E-state index < -0.39 is 10.0 Å². The van der Waals surface area contributed by atoms with Crippen molar-refractivity contribution in [2.75, 3.05) is 11.3 Å². The van der Waals surface area contributed by atoms with Gasteiger partial charge in [0.05, 0.1) is 0 Å². The number of sulfonamides is 1. The van der Waals surface area contributed by atoms with Crippen molar-refractivity contribution in [1.82, 2.24) is 5.32 Å². The Morgan fingerprint density at radius 2 is 1.70 bits per heavy atom. The van der Waals surface area contributed by atoms with E-state index in [0.717, 1.165) is 16.9 Å². The summed E-state index contributed by atoms with van der Waals surface area (Å²) in [6.45, 7) is 2.58. The molecule has 0 aliphatic rings. The van der Waals surface area contributed by atoms with Crippen LogP contribution < -0.4 is 10.0 Å². The van der Waals surface area contributed by atoms with Crippen molar-refractivity contribution in [3.8, 4) is 0 Å². The molecule has 7 heteroatoms.